The summed E-state index contributed by atoms with van der Waals surface area (Å²) in [6, 6.07) is 8.05. The van der Waals surface area contributed by atoms with E-state index in [4.69, 9.17) is 16.6 Å². The van der Waals surface area contributed by atoms with Gasteiger partial charge in [-0.15, -0.1) is 0 Å². The Kier molecular flexibility index (Phi) is 4.23. The van der Waals surface area contributed by atoms with Crippen molar-refractivity contribution in [2.45, 2.75) is 38.8 Å². The first-order chi connectivity index (χ1) is 8.52. The van der Waals surface area contributed by atoms with Gasteiger partial charge in [-0.25, -0.2) is 0 Å². The van der Waals surface area contributed by atoms with E-state index in [1.807, 2.05) is 18.2 Å². The molecule has 1 N–H and O–H groups in total. The Bertz CT molecular complexity index is 461. The highest BCUT2D eigenvalue weighted by Crippen LogP contribution is 2.28. The third-order valence-corrected chi connectivity index (χ3v) is 4.86. The van der Waals surface area contributed by atoms with Crippen LogP contribution in [0.3, 0.4) is 0 Å². The predicted molar refractivity (Wildman–Crippen MR) is 81.6 cm³/mol. The summed E-state index contributed by atoms with van der Waals surface area (Å²) in [6.07, 6.45) is 1.12. The van der Waals surface area contributed by atoms with Crippen molar-refractivity contribution in [3.63, 3.8) is 0 Å². The van der Waals surface area contributed by atoms with E-state index in [0.717, 1.165) is 27.9 Å². The summed E-state index contributed by atoms with van der Waals surface area (Å²) in [5, 5.41) is 5.33. The third kappa shape index (κ3) is 3.21. The van der Waals surface area contributed by atoms with Crippen LogP contribution in [-0.2, 0) is 0 Å². The first-order valence-corrected chi connectivity index (χ1v) is 7.63. The zero-order chi connectivity index (χ0) is 13.2. The lowest BCUT2D eigenvalue weighted by atomic mass is 10.0. The van der Waals surface area contributed by atoms with Crippen molar-refractivity contribution in [3.05, 3.63) is 34.9 Å². The molecule has 0 aromatic heterocycles. The highest BCUT2D eigenvalue weighted by atomic mass is 35.5. The molecule has 2 nitrogen and oxygen atoms in total. The molecule has 1 aromatic rings. The monoisotopic (exact) mass is 282 g/mol. The lowest BCUT2D eigenvalue weighted by Crippen LogP contribution is -2.39. The molecular weight excluding hydrogens is 264 g/mol. The fourth-order valence-corrected chi connectivity index (χ4v) is 3.32. The number of nitrogens with zero attached hydrogens (tertiary/aromatic N) is 1. The molecule has 2 rings (SSSR count). The van der Waals surface area contributed by atoms with E-state index in [1.54, 1.807) is 11.8 Å². The summed E-state index contributed by atoms with van der Waals surface area (Å²) >= 11 is 7.81. The van der Waals surface area contributed by atoms with E-state index in [0.29, 0.717) is 0 Å². The fraction of sp³-hybridized carbons (Fsp3) is 0.500. The van der Waals surface area contributed by atoms with Crippen molar-refractivity contribution in [2.75, 3.05) is 5.75 Å². The lowest BCUT2D eigenvalue weighted by Gasteiger charge is -2.21. The topological polar surface area (TPSA) is 24.4 Å². The Morgan fingerprint density at radius 1 is 1.56 bits per heavy atom. The van der Waals surface area contributed by atoms with Gasteiger partial charge in [0.05, 0.1) is 6.04 Å². The van der Waals surface area contributed by atoms with Gasteiger partial charge in [0, 0.05) is 16.3 Å². The van der Waals surface area contributed by atoms with Crippen LogP contribution < -0.4 is 5.32 Å². The molecule has 0 saturated carbocycles. The smallest absolute Gasteiger partial charge is 0.157 e. The van der Waals surface area contributed by atoms with E-state index < -0.39 is 0 Å². The van der Waals surface area contributed by atoms with Gasteiger partial charge in [-0.2, -0.15) is 0 Å². The van der Waals surface area contributed by atoms with Crippen molar-refractivity contribution < 1.29 is 0 Å². The van der Waals surface area contributed by atoms with Crippen molar-refractivity contribution in [2.24, 2.45) is 4.99 Å². The van der Waals surface area contributed by atoms with Crippen LogP contribution >= 0.6 is 23.4 Å². The number of rotatable bonds is 3. The molecule has 0 amide bonds. The molecule has 1 fully saturated rings. The maximum absolute atomic E-state index is 6.00. The largest absolute Gasteiger partial charge is 0.359 e. The maximum Gasteiger partial charge on any atom is 0.157 e. The molecule has 98 valence electrons. The van der Waals surface area contributed by atoms with E-state index in [2.05, 4.69) is 32.2 Å². The number of hydrogen-bond acceptors (Lipinski definition) is 2. The summed E-state index contributed by atoms with van der Waals surface area (Å²) in [5.41, 5.74) is 1.35. The number of nitrogens with one attached hydrogen (secondary N) is 1. The Labute approximate surface area is 118 Å². The van der Waals surface area contributed by atoms with Crippen molar-refractivity contribution in [1.82, 2.24) is 5.32 Å². The zero-order valence-electron chi connectivity index (χ0n) is 11.0. The number of amidine groups is 1. The number of aliphatic imine (C=N–C) groups is 1. The molecule has 1 aromatic carbocycles. The molecule has 0 radical (unpaired) electrons. The molecule has 0 aliphatic carbocycles. The SMILES string of the molecule is CCC1(C)CSC(=NC(C)c2cccc(Cl)c2)N1. The van der Waals surface area contributed by atoms with Gasteiger partial charge in [0.1, 0.15) is 0 Å². The van der Waals surface area contributed by atoms with Gasteiger partial charge in [-0.3, -0.25) is 4.99 Å². The zero-order valence-corrected chi connectivity index (χ0v) is 12.6. The highest BCUT2D eigenvalue weighted by Gasteiger charge is 2.30. The molecule has 1 saturated heterocycles. The average Bonchev–Trinajstić information content (AvgIpc) is 2.72. The maximum atomic E-state index is 6.00. The Hall–Kier alpha value is -0.670. The third-order valence-electron chi connectivity index (χ3n) is 3.36. The van der Waals surface area contributed by atoms with Crippen LogP contribution in [0.25, 0.3) is 0 Å². The lowest BCUT2D eigenvalue weighted by molar-refractivity contribution is 0.465. The van der Waals surface area contributed by atoms with E-state index in [-0.39, 0.29) is 11.6 Å². The first kappa shape index (κ1) is 13.8. The summed E-state index contributed by atoms with van der Waals surface area (Å²) in [4.78, 5) is 4.74. The minimum absolute atomic E-state index is 0.137. The van der Waals surface area contributed by atoms with E-state index in [9.17, 15) is 0 Å². The van der Waals surface area contributed by atoms with Crippen molar-refractivity contribution in [3.8, 4) is 0 Å². The van der Waals surface area contributed by atoms with Gasteiger partial charge < -0.3 is 5.32 Å². The second kappa shape index (κ2) is 5.54. The van der Waals surface area contributed by atoms with Gasteiger partial charge >= 0.3 is 0 Å². The summed E-state index contributed by atoms with van der Waals surface area (Å²) in [7, 11) is 0. The second-order valence-corrected chi connectivity index (χ2v) is 6.39. The van der Waals surface area contributed by atoms with Crippen LogP contribution in [0.5, 0.6) is 0 Å². The molecule has 2 unspecified atom stereocenters. The summed E-state index contributed by atoms with van der Waals surface area (Å²) in [5.74, 6) is 1.09. The molecule has 0 bridgehead atoms. The molecule has 4 heteroatoms. The number of hydrogen-bond donors (Lipinski definition) is 1. The Morgan fingerprint density at radius 2 is 2.33 bits per heavy atom. The Balaban J connectivity index is 2.10. The fourth-order valence-electron chi connectivity index (χ4n) is 1.83. The number of halogens is 1. The van der Waals surface area contributed by atoms with Crippen LogP contribution in [0, 0.1) is 0 Å². The number of thioether (sulfide) groups is 1. The minimum atomic E-state index is 0.137. The minimum Gasteiger partial charge on any atom is -0.359 e. The van der Waals surface area contributed by atoms with Gasteiger partial charge in [0.25, 0.3) is 0 Å². The quantitative estimate of drug-likeness (QED) is 0.896. The van der Waals surface area contributed by atoms with Crippen LogP contribution in [0.4, 0.5) is 0 Å². The van der Waals surface area contributed by atoms with Crippen LogP contribution in [-0.4, -0.2) is 16.5 Å². The molecule has 18 heavy (non-hydrogen) atoms. The predicted octanol–water partition coefficient (Wildman–Crippen LogP) is 4.26. The highest BCUT2D eigenvalue weighted by molar-refractivity contribution is 8.14. The van der Waals surface area contributed by atoms with Crippen LogP contribution in [0.15, 0.2) is 29.3 Å². The standard InChI is InChI=1S/C14H19ClN2S/c1-4-14(3)9-18-13(17-14)16-10(2)11-6-5-7-12(15)8-11/h5-8,10H,4,9H2,1-3H3,(H,16,17). The Morgan fingerprint density at radius 3 is 2.94 bits per heavy atom. The molecule has 0 spiro atoms. The molecule has 1 aliphatic heterocycles. The van der Waals surface area contributed by atoms with E-state index >= 15 is 0 Å². The van der Waals surface area contributed by atoms with Gasteiger partial charge in [-0.1, -0.05) is 42.4 Å². The van der Waals surface area contributed by atoms with Crippen LogP contribution in [0.2, 0.25) is 5.02 Å². The van der Waals surface area contributed by atoms with Gasteiger partial charge in [-0.05, 0) is 38.0 Å². The molecule has 1 aliphatic rings. The molecule has 1 heterocycles. The molecule has 2 atom stereocenters. The van der Waals surface area contributed by atoms with Crippen LogP contribution in [0.1, 0.15) is 38.8 Å². The average molecular weight is 283 g/mol. The first-order valence-electron chi connectivity index (χ1n) is 6.27. The van der Waals surface area contributed by atoms with Crippen molar-refractivity contribution in [1.29, 1.82) is 0 Å². The normalized spacial score (nSPS) is 27.2. The summed E-state index contributed by atoms with van der Waals surface area (Å²) < 4.78 is 0. The van der Waals surface area contributed by atoms with Crippen molar-refractivity contribution >= 4 is 28.5 Å². The number of benzene rings is 1. The second-order valence-electron chi connectivity index (χ2n) is 4.99. The van der Waals surface area contributed by atoms with Gasteiger partial charge in [0.2, 0.25) is 0 Å². The summed E-state index contributed by atoms with van der Waals surface area (Å²) in [6.45, 7) is 6.55. The van der Waals surface area contributed by atoms with E-state index in [1.165, 1.54) is 0 Å². The molecular formula is C14H19ClN2S. The van der Waals surface area contributed by atoms with Gasteiger partial charge in [0.15, 0.2) is 5.17 Å².